The highest BCUT2D eigenvalue weighted by Gasteiger charge is 2.39. The lowest BCUT2D eigenvalue weighted by atomic mass is 9.72. The molecule has 2 atom stereocenters. The minimum absolute atomic E-state index is 0.0900. The normalized spacial score (nSPS) is 14.5. The highest BCUT2D eigenvalue weighted by Crippen LogP contribution is 2.34. The number of hydrazine groups is 1. The maximum atomic E-state index is 14.8. The molecule has 2 aromatic carbocycles. The van der Waals surface area contributed by atoms with Crippen molar-refractivity contribution in [2.24, 2.45) is 26.6 Å². The largest absolute Gasteiger partial charge is 0.390 e. The van der Waals surface area contributed by atoms with Gasteiger partial charge in [0.2, 0.25) is 0 Å². The highest BCUT2D eigenvalue weighted by molar-refractivity contribution is 5.89. The lowest BCUT2D eigenvalue weighted by Crippen LogP contribution is -2.52. The molecule has 2 rings (SSSR count). The van der Waals surface area contributed by atoms with Crippen molar-refractivity contribution in [2.45, 2.75) is 31.7 Å². The number of hydrogen-bond donors (Lipinski definition) is 5. The van der Waals surface area contributed by atoms with Crippen molar-refractivity contribution in [3.05, 3.63) is 59.7 Å². The van der Waals surface area contributed by atoms with Gasteiger partial charge in [-0.2, -0.15) is 0 Å². The Balaban J connectivity index is 2.25. The van der Waals surface area contributed by atoms with Crippen LogP contribution < -0.4 is 27.6 Å². The molecule has 0 aliphatic rings. The fraction of sp³-hybridized carbons (Fsp3) is 0.273. The Morgan fingerprint density at radius 1 is 1.21 bits per heavy atom. The first-order valence-corrected chi connectivity index (χ1v) is 10.2. The second kappa shape index (κ2) is 12.2. The van der Waals surface area contributed by atoms with Gasteiger partial charge in [-0.25, -0.2) is 29.4 Å². The minimum atomic E-state index is -0.969. The maximum Gasteiger partial charge on any atom is 0.319 e. The third-order valence-electron chi connectivity index (χ3n) is 5.30. The molecule has 0 aliphatic heterocycles. The number of halogens is 2. The summed E-state index contributed by atoms with van der Waals surface area (Å²) in [5, 5.41) is 5.58. The third-order valence-corrected chi connectivity index (χ3v) is 5.30. The number of urea groups is 1. The van der Waals surface area contributed by atoms with Gasteiger partial charge in [0, 0.05) is 23.2 Å². The van der Waals surface area contributed by atoms with Gasteiger partial charge in [-0.3, -0.25) is 4.99 Å². The van der Waals surface area contributed by atoms with E-state index >= 15 is 0 Å². The number of hydrogen-bond acceptors (Lipinski definition) is 4. The molecule has 33 heavy (non-hydrogen) atoms. The van der Waals surface area contributed by atoms with Crippen molar-refractivity contribution < 1.29 is 13.6 Å². The Morgan fingerprint density at radius 2 is 1.94 bits per heavy atom. The summed E-state index contributed by atoms with van der Waals surface area (Å²) in [5.74, 6) is 3.74. The van der Waals surface area contributed by atoms with E-state index in [-0.39, 0.29) is 12.1 Å². The van der Waals surface area contributed by atoms with Crippen LogP contribution in [0, 0.1) is 11.6 Å². The monoisotopic (exact) mass is 458 g/mol. The van der Waals surface area contributed by atoms with Crippen LogP contribution in [0.4, 0.5) is 25.0 Å². The molecule has 2 amide bonds. The molecule has 2 unspecified atom stereocenters. The van der Waals surface area contributed by atoms with E-state index in [1.165, 1.54) is 24.8 Å². The molecule has 0 spiro atoms. The summed E-state index contributed by atoms with van der Waals surface area (Å²) in [6.07, 6.45) is 4.07. The number of nitrogens with one attached hydrogen (secondary N) is 3. The SMILES string of the molecule is CCC(CN=CN=CN)(c1ccc(F)cc1F)C(C)NC(=O)Nc1ccc(N=CNN)cc1. The van der Waals surface area contributed by atoms with Crippen molar-refractivity contribution in [1.82, 2.24) is 10.7 Å². The number of amides is 2. The first kappa shape index (κ1) is 25.4. The van der Waals surface area contributed by atoms with Gasteiger partial charge in [0.1, 0.15) is 24.3 Å². The van der Waals surface area contributed by atoms with Crippen LogP contribution in [0.2, 0.25) is 0 Å². The topological polar surface area (TPSA) is 142 Å². The van der Waals surface area contributed by atoms with Crippen LogP contribution in [0.25, 0.3) is 0 Å². The average Bonchev–Trinajstić information content (AvgIpc) is 2.79. The van der Waals surface area contributed by atoms with Gasteiger partial charge in [0.25, 0.3) is 0 Å². The zero-order valence-electron chi connectivity index (χ0n) is 18.4. The van der Waals surface area contributed by atoms with Crippen molar-refractivity contribution in [3.63, 3.8) is 0 Å². The molecule has 2 aromatic rings. The van der Waals surface area contributed by atoms with Crippen LogP contribution in [-0.2, 0) is 5.41 Å². The van der Waals surface area contributed by atoms with E-state index in [1.54, 1.807) is 31.2 Å². The molecule has 11 heteroatoms. The van der Waals surface area contributed by atoms with Crippen LogP contribution in [0.5, 0.6) is 0 Å². The first-order chi connectivity index (χ1) is 15.9. The maximum absolute atomic E-state index is 14.8. The second-order valence-corrected chi connectivity index (χ2v) is 7.18. The Bertz CT molecular complexity index is 1010. The number of rotatable bonds is 10. The van der Waals surface area contributed by atoms with Crippen molar-refractivity contribution in [1.29, 1.82) is 0 Å². The highest BCUT2D eigenvalue weighted by atomic mass is 19.1. The minimum Gasteiger partial charge on any atom is -0.390 e. The van der Waals surface area contributed by atoms with Crippen LogP contribution in [0.15, 0.2) is 57.4 Å². The van der Waals surface area contributed by atoms with Crippen molar-refractivity contribution >= 4 is 36.4 Å². The number of nitrogens with zero attached hydrogens (tertiary/aromatic N) is 3. The zero-order valence-corrected chi connectivity index (χ0v) is 18.4. The summed E-state index contributed by atoms with van der Waals surface area (Å²) in [5.41, 5.74) is 7.98. The van der Waals surface area contributed by atoms with Crippen LogP contribution >= 0.6 is 0 Å². The van der Waals surface area contributed by atoms with Crippen molar-refractivity contribution in [2.75, 3.05) is 11.9 Å². The summed E-state index contributed by atoms with van der Waals surface area (Å²) >= 11 is 0. The number of benzene rings is 2. The van der Waals surface area contributed by atoms with E-state index in [0.29, 0.717) is 17.8 Å². The molecule has 0 bridgehead atoms. The Kier molecular flexibility index (Phi) is 9.43. The van der Waals surface area contributed by atoms with Crippen molar-refractivity contribution in [3.8, 4) is 0 Å². The number of carbonyl (C=O) groups is 1. The zero-order chi connectivity index (χ0) is 24.3. The predicted molar refractivity (Wildman–Crippen MR) is 128 cm³/mol. The molecule has 0 fully saturated rings. The summed E-state index contributed by atoms with van der Waals surface area (Å²) in [4.78, 5) is 24.7. The van der Waals surface area contributed by atoms with Crippen LogP contribution in [0.1, 0.15) is 25.8 Å². The summed E-state index contributed by atoms with van der Waals surface area (Å²) in [7, 11) is 0. The number of nitrogens with two attached hydrogens (primary N) is 2. The molecule has 0 saturated carbocycles. The molecular formula is C22H28F2N8O. The summed E-state index contributed by atoms with van der Waals surface area (Å²) in [6.45, 7) is 3.67. The molecule has 0 radical (unpaired) electrons. The van der Waals surface area contributed by atoms with Crippen LogP contribution in [-0.4, -0.2) is 37.6 Å². The van der Waals surface area contributed by atoms with E-state index in [1.807, 2.05) is 6.92 Å². The van der Waals surface area contributed by atoms with E-state index in [0.717, 1.165) is 12.4 Å². The van der Waals surface area contributed by atoms with E-state index in [4.69, 9.17) is 11.6 Å². The lowest BCUT2D eigenvalue weighted by molar-refractivity contribution is 0.236. The van der Waals surface area contributed by atoms with Gasteiger partial charge in [-0.15, -0.1) is 0 Å². The molecule has 7 N–H and O–H groups in total. The molecule has 0 aromatic heterocycles. The number of carbonyl (C=O) groups excluding carboxylic acids is 1. The molecular weight excluding hydrogens is 430 g/mol. The fourth-order valence-corrected chi connectivity index (χ4v) is 3.49. The standard InChI is InChI=1S/C22H28F2N8O/c1-3-22(11-27-13-28-12-25,19-9-4-16(23)10-20(19)24)15(2)31-21(33)32-18-7-5-17(6-8-18)29-14-30-26/h4-10,12-15H,3,11,26H2,1-2H3,(H,29,30)(H2,25,27,28)(H2,31,32,33). The lowest BCUT2D eigenvalue weighted by Gasteiger charge is -2.38. The Labute approximate surface area is 191 Å². The molecule has 9 nitrogen and oxygen atoms in total. The van der Waals surface area contributed by atoms with E-state index < -0.39 is 29.1 Å². The van der Waals surface area contributed by atoms with Gasteiger partial charge < -0.3 is 21.8 Å². The second-order valence-electron chi connectivity index (χ2n) is 7.18. The quantitative estimate of drug-likeness (QED) is 0.161. The number of aliphatic imine (C=N–C) groups is 3. The van der Waals surface area contributed by atoms with Gasteiger partial charge in [0.15, 0.2) is 0 Å². The number of anilines is 1. The van der Waals surface area contributed by atoms with E-state index in [9.17, 15) is 13.6 Å². The predicted octanol–water partition coefficient (Wildman–Crippen LogP) is 2.96. The summed E-state index contributed by atoms with van der Waals surface area (Å²) in [6, 6.07) is 9.05. The molecule has 176 valence electrons. The van der Waals surface area contributed by atoms with Gasteiger partial charge in [-0.1, -0.05) is 13.0 Å². The summed E-state index contributed by atoms with van der Waals surface area (Å²) < 4.78 is 28.3. The smallest absolute Gasteiger partial charge is 0.319 e. The van der Waals surface area contributed by atoms with Gasteiger partial charge in [0.05, 0.1) is 18.6 Å². The average molecular weight is 459 g/mol. The molecule has 0 aliphatic carbocycles. The fourth-order valence-electron chi connectivity index (χ4n) is 3.49. The molecule has 0 heterocycles. The Morgan fingerprint density at radius 3 is 2.55 bits per heavy atom. The Hall–Kier alpha value is -3.86. The van der Waals surface area contributed by atoms with Gasteiger partial charge in [-0.05, 0) is 49.2 Å². The first-order valence-electron chi connectivity index (χ1n) is 10.2. The third kappa shape index (κ3) is 6.81. The van der Waals surface area contributed by atoms with E-state index in [2.05, 4.69) is 31.0 Å². The molecule has 0 saturated heterocycles. The van der Waals surface area contributed by atoms with Gasteiger partial charge >= 0.3 is 6.03 Å². The van der Waals surface area contributed by atoms with Crippen LogP contribution in [0.3, 0.4) is 0 Å².